The number of carboxylic acid groups (broad SMARTS) is 1. The fourth-order valence-electron chi connectivity index (χ4n) is 4.16. The van der Waals surface area contributed by atoms with Crippen LogP contribution in [0.1, 0.15) is 45.1 Å². The maximum atomic E-state index is 13.4. The molecular formula is C24H28F3NO5S. The van der Waals surface area contributed by atoms with Crippen molar-refractivity contribution in [1.82, 2.24) is 0 Å². The Labute approximate surface area is 197 Å². The third kappa shape index (κ3) is 5.84. The van der Waals surface area contributed by atoms with Gasteiger partial charge in [-0.15, -0.1) is 0 Å². The lowest BCUT2D eigenvalue weighted by molar-refractivity contribution is -0.143. The quantitative estimate of drug-likeness (QED) is 0.513. The number of hydrogen-bond acceptors (Lipinski definition) is 4. The van der Waals surface area contributed by atoms with Crippen LogP contribution in [0, 0.1) is 11.8 Å². The maximum absolute atomic E-state index is 13.4. The largest absolute Gasteiger partial charge is 0.491 e. The van der Waals surface area contributed by atoms with Gasteiger partial charge in [0, 0.05) is 6.04 Å². The van der Waals surface area contributed by atoms with Gasteiger partial charge in [-0.05, 0) is 75.8 Å². The van der Waals surface area contributed by atoms with Crippen LogP contribution in [0.3, 0.4) is 0 Å². The molecule has 0 unspecified atom stereocenters. The fourth-order valence-corrected chi connectivity index (χ4v) is 5.86. The van der Waals surface area contributed by atoms with Crippen molar-refractivity contribution in [3.05, 3.63) is 54.1 Å². The van der Waals surface area contributed by atoms with E-state index in [1.807, 2.05) is 0 Å². The number of rotatable bonds is 8. The van der Waals surface area contributed by atoms with E-state index >= 15 is 0 Å². The molecule has 0 aromatic heterocycles. The van der Waals surface area contributed by atoms with Crippen molar-refractivity contribution in [2.75, 3.05) is 10.9 Å². The second-order valence-corrected chi connectivity index (χ2v) is 10.6. The highest BCUT2D eigenvalue weighted by Gasteiger charge is 2.35. The average Bonchev–Trinajstić information content (AvgIpc) is 2.78. The van der Waals surface area contributed by atoms with Gasteiger partial charge in [0.25, 0.3) is 10.0 Å². The Morgan fingerprint density at radius 1 is 1.09 bits per heavy atom. The Hall–Kier alpha value is -2.75. The molecule has 0 atom stereocenters. The molecule has 34 heavy (non-hydrogen) atoms. The van der Waals surface area contributed by atoms with Crippen LogP contribution in [-0.4, -0.2) is 32.1 Å². The van der Waals surface area contributed by atoms with Crippen molar-refractivity contribution in [2.24, 2.45) is 11.8 Å². The number of benzene rings is 2. The van der Waals surface area contributed by atoms with Gasteiger partial charge in [-0.1, -0.05) is 18.2 Å². The summed E-state index contributed by atoms with van der Waals surface area (Å²) < 4.78 is 74.0. The number of sulfonamides is 1. The molecule has 0 aliphatic heterocycles. The Morgan fingerprint density at radius 2 is 1.71 bits per heavy atom. The molecule has 0 saturated heterocycles. The Bertz CT molecular complexity index is 1100. The molecule has 1 fully saturated rings. The van der Waals surface area contributed by atoms with Crippen LogP contribution in [0.5, 0.6) is 5.75 Å². The molecule has 186 valence electrons. The summed E-state index contributed by atoms with van der Waals surface area (Å²) in [7, 11) is -4.08. The molecule has 0 heterocycles. The summed E-state index contributed by atoms with van der Waals surface area (Å²) >= 11 is 0. The summed E-state index contributed by atoms with van der Waals surface area (Å²) in [4.78, 5) is 11.2. The van der Waals surface area contributed by atoms with E-state index in [0.29, 0.717) is 25.7 Å². The zero-order valence-electron chi connectivity index (χ0n) is 19.0. The van der Waals surface area contributed by atoms with E-state index in [4.69, 9.17) is 9.84 Å². The molecule has 6 nitrogen and oxygen atoms in total. The van der Waals surface area contributed by atoms with E-state index in [2.05, 4.69) is 0 Å². The van der Waals surface area contributed by atoms with Gasteiger partial charge in [0.15, 0.2) is 0 Å². The van der Waals surface area contributed by atoms with Crippen molar-refractivity contribution in [3.63, 3.8) is 0 Å². The van der Waals surface area contributed by atoms with Gasteiger partial charge in [-0.2, -0.15) is 13.2 Å². The molecule has 0 amide bonds. The first-order valence-corrected chi connectivity index (χ1v) is 12.5. The van der Waals surface area contributed by atoms with Crippen LogP contribution in [-0.2, 0) is 21.0 Å². The summed E-state index contributed by atoms with van der Waals surface area (Å²) in [6.45, 7) is 3.34. The van der Waals surface area contributed by atoms with Gasteiger partial charge in [-0.25, -0.2) is 8.42 Å². The van der Waals surface area contributed by atoms with E-state index in [1.54, 1.807) is 32.0 Å². The van der Waals surface area contributed by atoms with Crippen LogP contribution in [0.4, 0.5) is 18.9 Å². The summed E-state index contributed by atoms with van der Waals surface area (Å²) in [6.07, 6.45) is -2.54. The second kappa shape index (κ2) is 10.2. The van der Waals surface area contributed by atoms with Crippen molar-refractivity contribution < 1.29 is 36.2 Å². The van der Waals surface area contributed by atoms with E-state index in [-0.39, 0.29) is 28.9 Å². The molecule has 2 aromatic carbocycles. The molecule has 0 bridgehead atoms. The summed E-state index contributed by atoms with van der Waals surface area (Å²) in [6, 6.07) is 9.86. The first-order valence-electron chi connectivity index (χ1n) is 11.1. The monoisotopic (exact) mass is 499 g/mol. The molecule has 0 radical (unpaired) electrons. The molecule has 1 aliphatic carbocycles. The number of anilines is 1. The van der Waals surface area contributed by atoms with Crippen molar-refractivity contribution in [2.45, 2.75) is 56.6 Å². The normalized spacial score (nSPS) is 19.1. The summed E-state index contributed by atoms with van der Waals surface area (Å²) in [5.41, 5.74) is -0.923. The fraction of sp³-hybridized carbons (Fsp3) is 0.458. The van der Waals surface area contributed by atoms with Crippen LogP contribution in [0.15, 0.2) is 53.4 Å². The van der Waals surface area contributed by atoms with Crippen LogP contribution < -0.4 is 9.04 Å². The standard InChI is InChI=1S/C24H28F3NO5S/c1-16(2)28(34(31,32)20-6-4-3-5-7-20)21-13-12-19(24(25,26)27)14-22(21)33-15-17-8-10-18(11-9-17)23(29)30/h3-7,12-14,16-18H,8-11,15H2,1-2H3,(H,29,30)/t17-,18-. The van der Waals surface area contributed by atoms with Crippen molar-refractivity contribution in [1.29, 1.82) is 0 Å². The lowest BCUT2D eigenvalue weighted by atomic mass is 9.82. The first-order chi connectivity index (χ1) is 15.9. The summed E-state index contributed by atoms with van der Waals surface area (Å²) in [5.74, 6) is -1.48. The first kappa shape index (κ1) is 25.9. The number of carboxylic acids is 1. The topological polar surface area (TPSA) is 83.9 Å². The minimum absolute atomic E-state index is 0.0153. The Morgan fingerprint density at radius 3 is 2.24 bits per heavy atom. The average molecular weight is 500 g/mol. The SMILES string of the molecule is CC(C)N(c1ccc(C(F)(F)F)cc1OC[C@H]1CC[C@H](C(=O)O)CC1)S(=O)(=O)c1ccccc1. The molecule has 1 saturated carbocycles. The van der Waals surface area contributed by atoms with Gasteiger partial charge < -0.3 is 9.84 Å². The zero-order valence-corrected chi connectivity index (χ0v) is 19.8. The number of halogens is 3. The van der Waals surface area contributed by atoms with Crippen molar-refractivity contribution >= 4 is 21.7 Å². The highest BCUT2D eigenvalue weighted by Crippen LogP contribution is 2.40. The number of ether oxygens (including phenoxy) is 1. The highest BCUT2D eigenvalue weighted by atomic mass is 32.2. The molecule has 1 aliphatic rings. The van der Waals surface area contributed by atoms with E-state index in [0.717, 1.165) is 22.5 Å². The number of carbonyl (C=O) groups is 1. The smallest absolute Gasteiger partial charge is 0.416 e. The molecule has 3 rings (SSSR count). The number of alkyl halides is 3. The van der Waals surface area contributed by atoms with Gasteiger partial charge >= 0.3 is 12.1 Å². The minimum atomic E-state index is -4.63. The van der Waals surface area contributed by atoms with Crippen LogP contribution in [0.25, 0.3) is 0 Å². The van der Waals surface area contributed by atoms with E-state index in [9.17, 15) is 26.4 Å². The minimum Gasteiger partial charge on any atom is -0.491 e. The van der Waals surface area contributed by atoms with Gasteiger partial charge in [0.2, 0.25) is 0 Å². The van der Waals surface area contributed by atoms with Crippen LogP contribution >= 0.6 is 0 Å². The molecule has 10 heteroatoms. The molecule has 0 spiro atoms. The third-order valence-electron chi connectivity index (χ3n) is 5.96. The van der Waals surface area contributed by atoms with E-state index < -0.39 is 39.7 Å². The Balaban J connectivity index is 1.95. The van der Waals surface area contributed by atoms with Gasteiger partial charge in [-0.3, -0.25) is 9.10 Å². The molecule has 2 aromatic rings. The predicted octanol–water partition coefficient (Wildman–Crippen LogP) is 5.58. The third-order valence-corrected chi connectivity index (χ3v) is 7.97. The lowest BCUT2D eigenvalue weighted by Gasteiger charge is -2.31. The summed E-state index contributed by atoms with van der Waals surface area (Å²) in [5, 5.41) is 9.16. The second-order valence-electron chi connectivity index (χ2n) is 8.75. The van der Waals surface area contributed by atoms with Gasteiger partial charge in [0.05, 0.1) is 28.7 Å². The number of hydrogen-bond donors (Lipinski definition) is 1. The zero-order chi connectivity index (χ0) is 25.1. The predicted molar refractivity (Wildman–Crippen MR) is 121 cm³/mol. The molecular weight excluding hydrogens is 471 g/mol. The van der Waals surface area contributed by atoms with Gasteiger partial charge in [0.1, 0.15) is 5.75 Å². The number of nitrogens with zero attached hydrogens (tertiary/aromatic N) is 1. The lowest BCUT2D eigenvalue weighted by Crippen LogP contribution is -2.37. The van der Waals surface area contributed by atoms with Crippen LogP contribution in [0.2, 0.25) is 0 Å². The maximum Gasteiger partial charge on any atom is 0.416 e. The van der Waals surface area contributed by atoms with Crippen molar-refractivity contribution in [3.8, 4) is 5.75 Å². The highest BCUT2D eigenvalue weighted by molar-refractivity contribution is 7.92. The Kier molecular flexibility index (Phi) is 7.80. The number of aliphatic carboxylic acids is 1. The molecule has 1 N–H and O–H groups in total. The van der Waals surface area contributed by atoms with E-state index in [1.165, 1.54) is 12.1 Å².